The average molecular weight is 318 g/mol. The molecule has 0 saturated carbocycles. The predicted molar refractivity (Wildman–Crippen MR) is 77.6 cm³/mol. The van der Waals surface area contributed by atoms with E-state index in [4.69, 9.17) is 5.73 Å². The molecule has 1 aliphatic heterocycles. The van der Waals surface area contributed by atoms with Gasteiger partial charge in [-0.1, -0.05) is 12.1 Å². The number of rotatable bonds is 3. The maximum absolute atomic E-state index is 12.4. The molecule has 6 nitrogen and oxygen atoms in total. The third kappa shape index (κ3) is 3.31. The lowest BCUT2D eigenvalue weighted by atomic mass is 10.2. The Kier molecular flexibility index (Phi) is 4.08. The quantitative estimate of drug-likeness (QED) is 0.786. The average Bonchev–Trinajstić information content (AvgIpc) is 2.25. The first-order chi connectivity index (χ1) is 9.21. The lowest BCUT2D eigenvalue weighted by Gasteiger charge is -2.23. The molecule has 2 rings (SSSR count). The van der Waals surface area contributed by atoms with Gasteiger partial charge in [0, 0.05) is 6.04 Å². The number of nitrogen functional groups attached to an aromatic ring is 1. The van der Waals surface area contributed by atoms with Gasteiger partial charge in [0.05, 0.1) is 17.2 Å². The van der Waals surface area contributed by atoms with E-state index in [9.17, 15) is 16.8 Å². The van der Waals surface area contributed by atoms with Crippen molar-refractivity contribution in [1.29, 1.82) is 0 Å². The number of hydrogen-bond donors (Lipinski definition) is 2. The second-order valence-corrected chi connectivity index (χ2v) is 8.95. The fourth-order valence-corrected chi connectivity index (χ4v) is 5.81. The topological polar surface area (TPSA) is 106 Å². The van der Waals surface area contributed by atoms with Crippen molar-refractivity contribution in [3.63, 3.8) is 0 Å². The van der Waals surface area contributed by atoms with Crippen molar-refractivity contribution < 1.29 is 16.8 Å². The molecular weight excluding hydrogens is 300 g/mol. The van der Waals surface area contributed by atoms with Crippen molar-refractivity contribution in [2.45, 2.75) is 30.7 Å². The Morgan fingerprint density at radius 1 is 1.35 bits per heavy atom. The van der Waals surface area contributed by atoms with Crippen LogP contribution in [0, 0.1) is 6.92 Å². The van der Waals surface area contributed by atoms with Crippen molar-refractivity contribution in [2.24, 2.45) is 0 Å². The van der Waals surface area contributed by atoms with Gasteiger partial charge in [-0.3, -0.25) is 0 Å². The second kappa shape index (κ2) is 5.34. The molecule has 0 aromatic heterocycles. The van der Waals surface area contributed by atoms with Gasteiger partial charge < -0.3 is 5.73 Å². The van der Waals surface area contributed by atoms with Gasteiger partial charge in [-0.15, -0.1) is 0 Å². The van der Waals surface area contributed by atoms with Crippen molar-refractivity contribution >= 4 is 25.5 Å². The highest BCUT2D eigenvalue weighted by atomic mass is 32.2. The van der Waals surface area contributed by atoms with Crippen LogP contribution in [0.1, 0.15) is 18.4 Å². The summed E-state index contributed by atoms with van der Waals surface area (Å²) in [7, 11) is -6.98. The molecule has 1 heterocycles. The van der Waals surface area contributed by atoms with Crippen LogP contribution in [0.3, 0.4) is 0 Å². The van der Waals surface area contributed by atoms with Crippen LogP contribution in [0.15, 0.2) is 23.1 Å². The van der Waals surface area contributed by atoms with E-state index in [1.165, 1.54) is 6.07 Å². The van der Waals surface area contributed by atoms with Gasteiger partial charge in [-0.05, 0) is 31.4 Å². The molecule has 0 amide bonds. The van der Waals surface area contributed by atoms with Gasteiger partial charge in [0.15, 0.2) is 9.84 Å². The molecule has 112 valence electrons. The van der Waals surface area contributed by atoms with E-state index in [-0.39, 0.29) is 22.1 Å². The molecule has 0 aliphatic carbocycles. The summed E-state index contributed by atoms with van der Waals surface area (Å²) in [5.41, 5.74) is 6.43. The molecule has 3 N–H and O–H groups in total. The smallest absolute Gasteiger partial charge is 0.243 e. The summed E-state index contributed by atoms with van der Waals surface area (Å²) < 4.78 is 50.3. The van der Waals surface area contributed by atoms with Crippen molar-refractivity contribution in [1.82, 2.24) is 4.72 Å². The lowest BCUT2D eigenvalue weighted by molar-refractivity contribution is 0.517. The third-order valence-corrected chi connectivity index (χ3v) is 6.86. The predicted octanol–water partition coefficient (Wildman–Crippen LogP) is 0.433. The standard InChI is InChI=1S/C12H18N2O4S2/c1-9-4-2-6-11(13)12(9)20(17,18)14-10-5-3-7-19(15,16)8-10/h2,4,6,10,14H,3,5,7-8,13H2,1H3. The van der Waals surface area contributed by atoms with Crippen molar-refractivity contribution in [3.05, 3.63) is 23.8 Å². The van der Waals surface area contributed by atoms with Crippen LogP contribution in [-0.2, 0) is 19.9 Å². The van der Waals surface area contributed by atoms with Gasteiger partial charge in [0.2, 0.25) is 10.0 Å². The van der Waals surface area contributed by atoms with E-state index in [1.807, 2.05) is 0 Å². The molecule has 20 heavy (non-hydrogen) atoms. The highest BCUT2D eigenvalue weighted by molar-refractivity contribution is 7.91. The Balaban J connectivity index is 2.28. The van der Waals surface area contributed by atoms with Crippen molar-refractivity contribution in [2.75, 3.05) is 17.2 Å². The van der Waals surface area contributed by atoms with Crippen LogP contribution in [0.5, 0.6) is 0 Å². The molecule has 1 atom stereocenters. The Bertz CT molecular complexity index is 691. The van der Waals surface area contributed by atoms with Gasteiger partial charge in [-0.2, -0.15) is 0 Å². The number of nitrogens with one attached hydrogen (secondary N) is 1. The Morgan fingerprint density at radius 2 is 2.05 bits per heavy atom. The van der Waals surface area contributed by atoms with E-state index in [1.54, 1.807) is 19.1 Å². The lowest BCUT2D eigenvalue weighted by Crippen LogP contribution is -2.43. The SMILES string of the molecule is Cc1cccc(N)c1S(=O)(=O)NC1CCCS(=O)(=O)C1. The molecule has 1 aromatic carbocycles. The molecule has 0 bridgehead atoms. The van der Waals surface area contributed by atoms with Crippen LogP contribution in [0.4, 0.5) is 5.69 Å². The van der Waals surface area contributed by atoms with Crippen molar-refractivity contribution in [3.8, 4) is 0 Å². The largest absolute Gasteiger partial charge is 0.398 e. The van der Waals surface area contributed by atoms with Crippen LogP contribution >= 0.6 is 0 Å². The number of sulfone groups is 1. The summed E-state index contributed by atoms with van der Waals surface area (Å²) in [5, 5.41) is 0. The number of sulfonamides is 1. The summed E-state index contributed by atoms with van der Waals surface area (Å²) in [6.07, 6.45) is 0.989. The molecule has 8 heteroatoms. The zero-order valence-corrected chi connectivity index (χ0v) is 12.8. The van der Waals surface area contributed by atoms with Gasteiger partial charge in [-0.25, -0.2) is 21.6 Å². The van der Waals surface area contributed by atoms with Gasteiger partial charge >= 0.3 is 0 Å². The minimum Gasteiger partial charge on any atom is -0.398 e. The molecule has 0 spiro atoms. The van der Waals surface area contributed by atoms with E-state index in [2.05, 4.69) is 4.72 Å². The third-order valence-electron chi connectivity index (χ3n) is 3.30. The van der Waals surface area contributed by atoms with Gasteiger partial charge in [0.1, 0.15) is 4.90 Å². The van der Waals surface area contributed by atoms with E-state index in [0.717, 1.165) is 0 Å². The molecule has 1 unspecified atom stereocenters. The molecule has 0 radical (unpaired) electrons. The van der Waals surface area contributed by atoms with E-state index >= 15 is 0 Å². The minimum absolute atomic E-state index is 0.0305. The Hall–Kier alpha value is -1.12. The Morgan fingerprint density at radius 3 is 2.65 bits per heavy atom. The fraction of sp³-hybridized carbons (Fsp3) is 0.500. The Labute approximate surface area is 119 Å². The molecule has 1 fully saturated rings. The first-order valence-corrected chi connectivity index (χ1v) is 9.59. The van der Waals surface area contributed by atoms with E-state index in [0.29, 0.717) is 18.4 Å². The van der Waals surface area contributed by atoms with Crippen LogP contribution in [0.25, 0.3) is 0 Å². The highest BCUT2D eigenvalue weighted by Crippen LogP contribution is 2.23. The number of benzene rings is 1. The molecule has 1 saturated heterocycles. The number of anilines is 1. The molecule has 1 aromatic rings. The maximum atomic E-state index is 12.4. The first kappa shape index (κ1) is 15.3. The zero-order valence-electron chi connectivity index (χ0n) is 11.2. The van der Waals surface area contributed by atoms with Crippen LogP contribution in [-0.4, -0.2) is 34.4 Å². The second-order valence-electron chi connectivity index (χ2n) is 5.07. The van der Waals surface area contributed by atoms with E-state index < -0.39 is 25.9 Å². The summed E-state index contributed by atoms with van der Waals surface area (Å²) in [6.45, 7) is 1.66. The highest BCUT2D eigenvalue weighted by Gasteiger charge is 2.30. The maximum Gasteiger partial charge on any atom is 0.243 e. The summed E-state index contributed by atoms with van der Waals surface area (Å²) in [4.78, 5) is 0.0305. The summed E-state index contributed by atoms with van der Waals surface area (Å²) >= 11 is 0. The summed E-state index contributed by atoms with van der Waals surface area (Å²) in [6, 6.07) is 4.26. The number of aryl methyl sites for hydroxylation is 1. The van der Waals surface area contributed by atoms with Gasteiger partial charge in [0.25, 0.3) is 0 Å². The van der Waals surface area contributed by atoms with Crippen LogP contribution in [0.2, 0.25) is 0 Å². The summed E-state index contributed by atoms with van der Waals surface area (Å²) in [5.74, 6) is -0.0320. The van der Waals surface area contributed by atoms with Crippen LogP contribution < -0.4 is 10.5 Å². The first-order valence-electron chi connectivity index (χ1n) is 6.29. The zero-order chi connectivity index (χ0) is 15.0. The molecule has 1 aliphatic rings. The fourth-order valence-electron chi connectivity index (χ4n) is 2.44. The minimum atomic E-state index is -3.81. The molecular formula is C12H18N2O4S2. The monoisotopic (exact) mass is 318 g/mol. The number of hydrogen-bond acceptors (Lipinski definition) is 5. The number of nitrogens with two attached hydrogens (primary N) is 1. The normalized spacial score (nSPS) is 22.6.